The Hall–Kier alpha value is -1.66. The molecule has 1 aromatic carbocycles. The highest BCUT2D eigenvalue weighted by Crippen LogP contribution is 2.38. The summed E-state index contributed by atoms with van der Waals surface area (Å²) in [4.78, 5) is 0.425. The van der Waals surface area contributed by atoms with Gasteiger partial charge in [-0.15, -0.1) is 0 Å². The Morgan fingerprint density at radius 1 is 1.16 bits per heavy atom. The highest BCUT2D eigenvalue weighted by molar-refractivity contribution is 7.89. The van der Waals surface area contributed by atoms with E-state index in [1.54, 1.807) is 4.31 Å². The molecule has 5 nitrogen and oxygen atoms in total. The maximum absolute atomic E-state index is 13.4. The smallest absolute Gasteiger partial charge is 0.244 e. The molecule has 0 bridgehead atoms. The summed E-state index contributed by atoms with van der Waals surface area (Å²) in [7, 11) is -3.58. The number of aryl methyl sites for hydroxylation is 3. The first kappa shape index (κ1) is 18.1. The molecule has 1 aromatic heterocycles. The van der Waals surface area contributed by atoms with Crippen LogP contribution >= 0.6 is 0 Å². The van der Waals surface area contributed by atoms with Crippen LogP contribution < -0.4 is 0 Å². The Labute approximate surface area is 150 Å². The molecule has 3 rings (SSSR count). The molecule has 0 amide bonds. The van der Waals surface area contributed by atoms with Crippen LogP contribution in [0.1, 0.15) is 66.8 Å². The van der Waals surface area contributed by atoms with Crippen LogP contribution in [0.5, 0.6) is 0 Å². The van der Waals surface area contributed by atoms with Crippen LogP contribution in [0.2, 0.25) is 0 Å². The van der Waals surface area contributed by atoms with E-state index in [-0.39, 0.29) is 12.0 Å². The Bertz CT molecular complexity index is 861. The van der Waals surface area contributed by atoms with Gasteiger partial charge >= 0.3 is 0 Å². The van der Waals surface area contributed by atoms with E-state index in [4.69, 9.17) is 4.52 Å². The van der Waals surface area contributed by atoms with Crippen LogP contribution in [0.25, 0.3) is 0 Å². The maximum atomic E-state index is 13.4. The van der Waals surface area contributed by atoms with Crippen LogP contribution in [0, 0.1) is 20.8 Å². The van der Waals surface area contributed by atoms with E-state index in [0.717, 1.165) is 35.2 Å². The first-order chi connectivity index (χ1) is 11.7. The molecular weight excluding hydrogens is 336 g/mol. The van der Waals surface area contributed by atoms with E-state index in [2.05, 4.69) is 5.16 Å². The summed E-state index contributed by atoms with van der Waals surface area (Å²) in [5, 5.41) is 4.10. The zero-order valence-corrected chi connectivity index (χ0v) is 16.4. The van der Waals surface area contributed by atoms with Gasteiger partial charge in [0.15, 0.2) is 5.76 Å². The molecule has 2 aromatic rings. The van der Waals surface area contributed by atoms with Gasteiger partial charge in [0.25, 0.3) is 0 Å². The van der Waals surface area contributed by atoms with E-state index in [0.29, 0.717) is 17.2 Å². The van der Waals surface area contributed by atoms with E-state index in [1.807, 2.05) is 52.8 Å². The molecule has 1 unspecified atom stereocenters. The Morgan fingerprint density at radius 3 is 2.36 bits per heavy atom. The van der Waals surface area contributed by atoms with Gasteiger partial charge in [0.2, 0.25) is 10.0 Å². The second-order valence-electron chi connectivity index (χ2n) is 7.31. The molecule has 0 N–H and O–H groups in total. The fourth-order valence-electron chi connectivity index (χ4n) is 3.74. The van der Waals surface area contributed by atoms with Crippen molar-refractivity contribution in [3.8, 4) is 0 Å². The van der Waals surface area contributed by atoms with Crippen LogP contribution in [0.4, 0.5) is 0 Å². The summed E-state index contributed by atoms with van der Waals surface area (Å²) >= 11 is 0. The molecule has 1 saturated heterocycles. The van der Waals surface area contributed by atoms with Crippen molar-refractivity contribution in [1.82, 2.24) is 9.46 Å². The molecule has 0 saturated carbocycles. The molecule has 1 aliphatic heterocycles. The summed E-state index contributed by atoms with van der Waals surface area (Å²) in [6.07, 6.45) is 1.58. The van der Waals surface area contributed by atoms with Crippen molar-refractivity contribution in [2.24, 2.45) is 0 Å². The van der Waals surface area contributed by atoms with Crippen molar-refractivity contribution < 1.29 is 12.9 Å². The number of hydrogen-bond acceptors (Lipinski definition) is 4. The number of rotatable bonds is 4. The first-order valence-electron chi connectivity index (χ1n) is 8.78. The third-order valence-corrected chi connectivity index (χ3v) is 7.06. The predicted molar refractivity (Wildman–Crippen MR) is 97.1 cm³/mol. The van der Waals surface area contributed by atoms with Gasteiger partial charge < -0.3 is 4.52 Å². The Balaban J connectivity index is 2.01. The topological polar surface area (TPSA) is 63.4 Å². The third kappa shape index (κ3) is 3.25. The van der Waals surface area contributed by atoms with Gasteiger partial charge in [-0.3, -0.25) is 0 Å². The van der Waals surface area contributed by atoms with E-state index in [1.165, 1.54) is 0 Å². The largest absolute Gasteiger partial charge is 0.359 e. The quantitative estimate of drug-likeness (QED) is 0.816. The Kier molecular flexibility index (Phi) is 4.77. The summed E-state index contributed by atoms with van der Waals surface area (Å²) in [6, 6.07) is 5.48. The van der Waals surface area contributed by atoms with Gasteiger partial charge in [0, 0.05) is 12.6 Å². The maximum Gasteiger partial charge on any atom is 0.244 e. The van der Waals surface area contributed by atoms with Crippen LogP contribution in [0.15, 0.2) is 27.6 Å². The van der Waals surface area contributed by atoms with E-state index in [9.17, 15) is 8.42 Å². The summed E-state index contributed by atoms with van der Waals surface area (Å²) in [6.45, 7) is 10.3. The number of sulfonamides is 1. The fraction of sp³-hybridized carbons (Fsp3) is 0.526. The minimum Gasteiger partial charge on any atom is -0.359 e. The molecule has 0 spiro atoms. The number of hydrogen-bond donors (Lipinski definition) is 0. The average molecular weight is 362 g/mol. The van der Waals surface area contributed by atoms with Gasteiger partial charge in [-0.25, -0.2) is 8.42 Å². The molecule has 1 aliphatic rings. The Morgan fingerprint density at radius 2 is 1.80 bits per heavy atom. The second-order valence-corrected chi connectivity index (χ2v) is 9.14. The zero-order valence-electron chi connectivity index (χ0n) is 15.5. The molecule has 0 radical (unpaired) electrons. The van der Waals surface area contributed by atoms with Gasteiger partial charge in [-0.05, 0) is 50.7 Å². The van der Waals surface area contributed by atoms with Gasteiger partial charge in [0.1, 0.15) is 0 Å². The normalized spacial score (nSPS) is 19.0. The molecule has 6 heteroatoms. The average Bonchev–Trinajstić information content (AvgIpc) is 3.15. The lowest BCUT2D eigenvalue weighted by Crippen LogP contribution is -2.31. The molecule has 2 heterocycles. The van der Waals surface area contributed by atoms with Crippen molar-refractivity contribution in [3.05, 3.63) is 46.3 Å². The van der Waals surface area contributed by atoms with Crippen molar-refractivity contribution in [2.75, 3.05) is 6.54 Å². The lowest BCUT2D eigenvalue weighted by Gasteiger charge is -2.24. The minimum atomic E-state index is -3.58. The molecule has 1 atom stereocenters. The van der Waals surface area contributed by atoms with E-state index >= 15 is 0 Å². The van der Waals surface area contributed by atoms with Gasteiger partial charge in [0.05, 0.1) is 16.6 Å². The fourth-order valence-corrected chi connectivity index (χ4v) is 5.82. The van der Waals surface area contributed by atoms with E-state index < -0.39 is 10.0 Å². The van der Waals surface area contributed by atoms with Gasteiger partial charge in [-0.2, -0.15) is 4.31 Å². The van der Waals surface area contributed by atoms with Crippen LogP contribution in [0.3, 0.4) is 0 Å². The highest BCUT2D eigenvalue weighted by Gasteiger charge is 2.39. The lowest BCUT2D eigenvalue weighted by atomic mass is 10.1. The van der Waals surface area contributed by atoms with Crippen molar-refractivity contribution >= 4 is 10.0 Å². The first-order valence-corrected chi connectivity index (χ1v) is 10.2. The summed E-state index contributed by atoms with van der Waals surface area (Å²) in [5.74, 6) is 0.901. The standard InChI is InChI=1S/C19H26N2O3S/c1-12(2)16-11-18(24-20-16)17-7-6-8-21(17)25(22,23)19-14(4)9-13(3)10-15(19)5/h9-12,17H,6-8H2,1-5H3. The zero-order chi connectivity index (χ0) is 18.4. The lowest BCUT2D eigenvalue weighted by molar-refractivity contribution is 0.295. The van der Waals surface area contributed by atoms with Crippen LogP contribution in [-0.2, 0) is 10.0 Å². The third-order valence-electron chi connectivity index (χ3n) is 4.84. The number of aromatic nitrogens is 1. The molecule has 136 valence electrons. The highest BCUT2D eigenvalue weighted by atomic mass is 32.2. The van der Waals surface area contributed by atoms with Crippen molar-refractivity contribution in [3.63, 3.8) is 0 Å². The SMILES string of the molecule is Cc1cc(C)c(S(=O)(=O)N2CCCC2c2cc(C(C)C)no2)c(C)c1. The summed E-state index contributed by atoms with van der Waals surface area (Å²) < 4.78 is 33.8. The molecule has 0 aliphatic carbocycles. The minimum absolute atomic E-state index is 0.255. The van der Waals surface area contributed by atoms with Crippen molar-refractivity contribution in [2.45, 2.75) is 64.3 Å². The summed E-state index contributed by atoms with van der Waals surface area (Å²) in [5.41, 5.74) is 3.53. The van der Waals surface area contributed by atoms with Gasteiger partial charge in [-0.1, -0.05) is 36.7 Å². The van der Waals surface area contributed by atoms with Crippen molar-refractivity contribution in [1.29, 1.82) is 0 Å². The molecular formula is C19H26N2O3S. The molecule has 25 heavy (non-hydrogen) atoms. The molecule has 1 fully saturated rings. The monoisotopic (exact) mass is 362 g/mol. The number of nitrogens with zero attached hydrogens (tertiary/aromatic N) is 2. The second kappa shape index (κ2) is 6.57. The predicted octanol–water partition coefficient (Wildman–Crippen LogP) is 4.25. The number of benzene rings is 1. The van der Waals surface area contributed by atoms with Crippen LogP contribution in [-0.4, -0.2) is 24.4 Å².